The molecule has 1 aromatic heterocycles. The standard InChI is InChI=1S/C15H28N2O4SSi/c1-15(2,3)23(5,6)21-11(9-20-4)7-8-16-14-17-12(10-22-14)13(18)19/h10-11H,7-9H2,1-6H3,(H,16,17)(H,18,19). The molecule has 1 heterocycles. The number of anilines is 1. The molecule has 6 nitrogen and oxygen atoms in total. The van der Waals surface area contributed by atoms with Crippen LogP contribution >= 0.6 is 11.3 Å². The van der Waals surface area contributed by atoms with E-state index < -0.39 is 14.3 Å². The number of aromatic carboxylic acids is 1. The van der Waals surface area contributed by atoms with E-state index in [1.165, 1.54) is 16.7 Å². The van der Waals surface area contributed by atoms with Crippen LogP contribution in [0.15, 0.2) is 5.38 Å². The maximum Gasteiger partial charge on any atom is 0.355 e. The third-order valence-corrected chi connectivity index (χ3v) is 9.42. The van der Waals surface area contributed by atoms with Crippen LogP contribution in [0.5, 0.6) is 0 Å². The second kappa shape index (κ2) is 8.23. The third kappa shape index (κ3) is 6.21. The number of hydrogen-bond donors (Lipinski definition) is 2. The molecular formula is C15H28N2O4SSi. The Bertz CT molecular complexity index is 514. The summed E-state index contributed by atoms with van der Waals surface area (Å²) in [6.45, 7) is 12.3. The minimum atomic E-state index is -1.84. The Morgan fingerprint density at radius 1 is 1.48 bits per heavy atom. The van der Waals surface area contributed by atoms with Gasteiger partial charge in [-0.05, 0) is 24.6 Å². The normalized spacial score (nSPS) is 13.8. The summed E-state index contributed by atoms with van der Waals surface area (Å²) in [4.78, 5) is 14.8. The molecule has 0 aliphatic carbocycles. The van der Waals surface area contributed by atoms with Gasteiger partial charge in [0.2, 0.25) is 0 Å². The SMILES string of the molecule is COCC(CCNc1nc(C(=O)O)cs1)O[Si](C)(C)C(C)(C)C. The Kier molecular flexibility index (Phi) is 7.18. The molecule has 8 heteroatoms. The van der Waals surface area contributed by atoms with Crippen molar-refractivity contribution in [3.8, 4) is 0 Å². The molecule has 0 saturated carbocycles. The number of aromatic nitrogens is 1. The number of rotatable bonds is 9. The zero-order chi connectivity index (χ0) is 17.7. The predicted octanol–water partition coefficient (Wildman–Crippen LogP) is 3.68. The van der Waals surface area contributed by atoms with Crippen molar-refractivity contribution in [2.24, 2.45) is 0 Å². The second-order valence-electron chi connectivity index (χ2n) is 7.01. The Morgan fingerprint density at radius 2 is 2.13 bits per heavy atom. The van der Waals surface area contributed by atoms with Gasteiger partial charge < -0.3 is 19.6 Å². The monoisotopic (exact) mass is 360 g/mol. The predicted molar refractivity (Wildman–Crippen MR) is 96.1 cm³/mol. The van der Waals surface area contributed by atoms with Crippen LogP contribution in [0.3, 0.4) is 0 Å². The van der Waals surface area contributed by atoms with E-state index in [2.05, 4.69) is 44.2 Å². The summed E-state index contributed by atoms with van der Waals surface area (Å²) in [7, 11) is -0.168. The average Bonchev–Trinajstić information content (AvgIpc) is 2.86. The van der Waals surface area contributed by atoms with Gasteiger partial charge >= 0.3 is 5.97 Å². The number of ether oxygens (including phenoxy) is 1. The molecule has 1 unspecified atom stereocenters. The van der Waals surface area contributed by atoms with Gasteiger partial charge in [-0.2, -0.15) is 0 Å². The van der Waals surface area contributed by atoms with Crippen molar-refractivity contribution in [3.63, 3.8) is 0 Å². The highest BCUT2D eigenvalue weighted by molar-refractivity contribution is 7.13. The first-order valence-electron chi connectivity index (χ1n) is 7.66. The molecule has 0 amide bonds. The highest BCUT2D eigenvalue weighted by Crippen LogP contribution is 2.37. The maximum absolute atomic E-state index is 10.8. The number of carboxylic acids is 1. The number of nitrogens with one attached hydrogen (secondary N) is 1. The number of carboxylic acid groups (broad SMARTS) is 1. The van der Waals surface area contributed by atoms with Gasteiger partial charge in [0.15, 0.2) is 19.1 Å². The summed E-state index contributed by atoms with van der Waals surface area (Å²) >= 11 is 1.29. The van der Waals surface area contributed by atoms with Gasteiger partial charge in [-0.3, -0.25) is 0 Å². The highest BCUT2D eigenvalue weighted by Gasteiger charge is 2.39. The fraction of sp³-hybridized carbons (Fsp3) is 0.733. The molecule has 0 bridgehead atoms. The van der Waals surface area contributed by atoms with E-state index in [-0.39, 0.29) is 16.8 Å². The third-order valence-electron chi connectivity index (χ3n) is 4.09. The molecule has 132 valence electrons. The fourth-order valence-corrected chi connectivity index (χ4v) is 3.83. The first-order chi connectivity index (χ1) is 10.6. The largest absolute Gasteiger partial charge is 0.476 e. The lowest BCUT2D eigenvalue weighted by Gasteiger charge is -2.39. The Labute approximate surface area is 143 Å². The number of carbonyl (C=O) groups is 1. The Morgan fingerprint density at radius 3 is 2.61 bits per heavy atom. The summed E-state index contributed by atoms with van der Waals surface area (Å²) in [6, 6.07) is 0. The molecule has 0 aromatic carbocycles. The summed E-state index contributed by atoms with van der Waals surface area (Å²) in [6.07, 6.45) is 0.801. The van der Waals surface area contributed by atoms with E-state index in [4.69, 9.17) is 14.3 Å². The van der Waals surface area contributed by atoms with E-state index in [0.717, 1.165) is 6.42 Å². The Balaban J connectivity index is 2.54. The summed E-state index contributed by atoms with van der Waals surface area (Å²) in [5.41, 5.74) is 0.0727. The quantitative estimate of drug-likeness (QED) is 0.654. The van der Waals surface area contributed by atoms with E-state index in [0.29, 0.717) is 18.3 Å². The van der Waals surface area contributed by atoms with Crippen LogP contribution in [0.25, 0.3) is 0 Å². The van der Waals surface area contributed by atoms with Crippen LogP contribution in [0.2, 0.25) is 18.1 Å². The smallest absolute Gasteiger partial charge is 0.355 e. The van der Waals surface area contributed by atoms with Crippen LogP contribution < -0.4 is 5.32 Å². The number of hydrogen-bond acceptors (Lipinski definition) is 6. The van der Waals surface area contributed by atoms with E-state index in [9.17, 15) is 4.79 Å². The van der Waals surface area contributed by atoms with Gasteiger partial charge in [-0.25, -0.2) is 9.78 Å². The van der Waals surface area contributed by atoms with Gasteiger partial charge in [0, 0.05) is 19.0 Å². The highest BCUT2D eigenvalue weighted by atomic mass is 32.1. The average molecular weight is 361 g/mol. The van der Waals surface area contributed by atoms with Crippen molar-refractivity contribution in [3.05, 3.63) is 11.1 Å². The molecule has 1 rings (SSSR count). The van der Waals surface area contributed by atoms with Crippen molar-refractivity contribution < 1.29 is 19.1 Å². The molecule has 2 N–H and O–H groups in total. The Hall–Kier alpha value is -0.963. The van der Waals surface area contributed by atoms with Crippen LogP contribution in [0, 0.1) is 0 Å². The van der Waals surface area contributed by atoms with Gasteiger partial charge in [0.05, 0.1) is 12.7 Å². The first kappa shape index (κ1) is 20.1. The number of thiazole rings is 1. The van der Waals surface area contributed by atoms with Crippen LogP contribution in [0.4, 0.5) is 5.13 Å². The lowest BCUT2D eigenvalue weighted by molar-refractivity contribution is 0.0683. The lowest BCUT2D eigenvalue weighted by Crippen LogP contribution is -2.45. The number of nitrogens with zero attached hydrogens (tertiary/aromatic N) is 1. The van der Waals surface area contributed by atoms with Crippen molar-refractivity contribution in [1.82, 2.24) is 4.98 Å². The second-order valence-corrected chi connectivity index (χ2v) is 12.6. The minimum absolute atomic E-state index is 0.0206. The molecule has 1 aromatic rings. The molecule has 23 heavy (non-hydrogen) atoms. The van der Waals surface area contributed by atoms with E-state index in [1.807, 2.05) is 0 Å². The first-order valence-corrected chi connectivity index (χ1v) is 11.4. The van der Waals surface area contributed by atoms with Gasteiger partial charge in [0.1, 0.15) is 0 Å². The molecule has 0 spiro atoms. The van der Waals surface area contributed by atoms with E-state index >= 15 is 0 Å². The summed E-state index contributed by atoms with van der Waals surface area (Å²) in [5, 5.41) is 14.3. The van der Waals surface area contributed by atoms with Crippen molar-refractivity contribution in [2.75, 3.05) is 25.6 Å². The maximum atomic E-state index is 10.8. The van der Waals surface area contributed by atoms with Crippen molar-refractivity contribution >= 4 is 30.8 Å². The minimum Gasteiger partial charge on any atom is -0.476 e. The molecular weight excluding hydrogens is 332 g/mol. The van der Waals surface area contributed by atoms with Crippen LogP contribution in [-0.4, -0.2) is 50.7 Å². The van der Waals surface area contributed by atoms with Crippen LogP contribution in [0.1, 0.15) is 37.7 Å². The van der Waals surface area contributed by atoms with Gasteiger partial charge in [-0.1, -0.05) is 20.8 Å². The lowest BCUT2D eigenvalue weighted by atomic mass is 10.2. The summed E-state index contributed by atoms with van der Waals surface area (Å²) in [5.74, 6) is -1.01. The topological polar surface area (TPSA) is 80.7 Å². The molecule has 0 fully saturated rings. The molecule has 0 aliphatic rings. The van der Waals surface area contributed by atoms with Gasteiger partial charge in [0.25, 0.3) is 0 Å². The fourth-order valence-electron chi connectivity index (χ4n) is 1.75. The van der Waals surface area contributed by atoms with Crippen molar-refractivity contribution in [2.45, 2.75) is 51.4 Å². The summed E-state index contributed by atoms with van der Waals surface area (Å²) < 4.78 is 11.7. The molecule has 0 aliphatic heterocycles. The molecule has 0 saturated heterocycles. The zero-order valence-corrected chi connectivity index (χ0v) is 16.6. The van der Waals surface area contributed by atoms with Crippen molar-refractivity contribution in [1.29, 1.82) is 0 Å². The molecule has 0 radical (unpaired) electrons. The number of methoxy groups -OCH3 is 1. The van der Waals surface area contributed by atoms with E-state index in [1.54, 1.807) is 7.11 Å². The van der Waals surface area contributed by atoms with Crippen LogP contribution in [-0.2, 0) is 9.16 Å². The molecule has 1 atom stereocenters. The zero-order valence-electron chi connectivity index (χ0n) is 14.8. The van der Waals surface area contributed by atoms with Gasteiger partial charge in [-0.15, -0.1) is 11.3 Å².